The standard InChI is InChI=1S/C22H24N2O4/c1-28-20-13-16(22(26)27)10-9-15(20)11-12-23-21(25)8-4-5-17-14-24-19-7-3-2-6-18(17)19/h2-3,6-7,9-10,13-14,24H,4-5,8,11-12H2,1H3,(H,23,25)(H,26,27). The Kier molecular flexibility index (Phi) is 6.32. The van der Waals surface area contributed by atoms with E-state index in [1.165, 1.54) is 24.1 Å². The maximum absolute atomic E-state index is 12.1. The molecule has 0 aliphatic carbocycles. The number of nitrogens with one attached hydrogen (secondary N) is 2. The number of aromatic nitrogens is 1. The fourth-order valence-corrected chi connectivity index (χ4v) is 3.29. The number of hydrogen-bond acceptors (Lipinski definition) is 3. The zero-order chi connectivity index (χ0) is 19.9. The first-order chi connectivity index (χ1) is 13.6. The highest BCUT2D eigenvalue weighted by molar-refractivity contribution is 5.88. The highest BCUT2D eigenvalue weighted by atomic mass is 16.5. The Bertz CT molecular complexity index is 978. The summed E-state index contributed by atoms with van der Waals surface area (Å²) in [5, 5.41) is 13.2. The minimum Gasteiger partial charge on any atom is -0.496 e. The number of methoxy groups -OCH3 is 1. The number of carboxylic acid groups (broad SMARTS) is 1. The van der Waals surface area contributed by atoms with Gasteiger partial charge in [0.05, 0.1) is 12.7 Å². The molecule has 1 aromatic heterocycles. The Morgan fingerprint density at radius 1 is 1.11 bits per heavy atom. The number of carbonyl (C=O) groups is 2. The maximum atomic E-state index is 12.1. The summed E-state index contributed by atoms with van der Waals surface area (Å²) in [5.74, 6) is -0.456. The van der Waals surface area contributed by atoms with E-state index < -0.39 is 5.97 Å². The van der Waals surface area contributed by atoms with Crippen molar-refractivity contribution < 1.29 is 19.4 Å². The van der Waals surface area contributed by atoms with Crippen molar-refractivity contribution in [2.75, 3.05) is 13.7 Å². The molecule has 3 N–H and O–H groups in total. The van der Waals surface area contributed by atoms with Crippen molar-refractivity contribution in [1.29, 1.82) is 0 Å². The van der Waals surface area contributed by atoms with Crippen LogP contribution in [0.5, 0.6) is 5.75 Å². The molecule has 0 unspecified atom stereocenters. The van der Waals surface area contributed by atoms with E-state index in [2.05, 4.69) is 16.4 Å². The third-order valence-corrected chi connectivity index (χ3v) is 4.78. The normalized spacial score (nSPS) is 10.8. The van der Waals surface area contributed by atoms with Crippen molar-refractivity contribution in [3.05, 3.63) is 65.4 Å². The van der Waals surface area contributed by atoms with Gasteiger partial charge in [0, 0.05) is 30.1 Å². The van der Waals surface area contributed by atoms with Gasteiger partial charge in [-0.1, -0.05) is 24.3 Å². The molecule has 0 radical (unpaired) electrons. The minimum absolute atomic E-state index is 0.0148. The van der Waals surface area contributed by atoms with Gasteiger partial charge in [-0.25, -0.2) is 4.79 Å². The number of carboxylic acids is 1. The van der Waals surface area contributed by atoms with Crippen LogP contribution in [0, 0.1) is 0 Å². The van der Waals surface area contributed by atoms with Crippen LogP contribution in [0.1, 0.15) is 34.3 Å². The van der Waals surface area contributed by atoms with Gasteiger partial charge in [-0.3, -0.25) is 4.79 Å². The summed E-state index contributed by atoms with van der Waals surface area (Å²) < 4.78 is 5.26. The molecule has 0 aliphatic rings. The third kappa shape index (κ3) is 4.71. The number of fused-ring (bicyclic) bond motifs is 1. The van der Waals surface area contributed by atoms with Crippen LogP contribution in [0.15, 0.2) is 48.7 Å². The van der Waals surface area contributed by atoms with Gasteiger partial charge in [-0.2, -0.15) is 0 Å². The van der Waals surface area contributed by atoms with E-state index in [-0.39, 0.29) is 11.5 Å². The molecule has 0 aliphatic heterocycles. The van der Waals surface area contributed by atoms with Gasteiger partial charge in [-0.15, -0.1) is 0 Å². The summed E-state index contributed by atoms with van der Waals surface area (Å²) in [7, 11) is 1.51. The number of amides is 1. The molecule has 0 bridgehead atoms. The summed E-state index contributed by atoms with van der Waals surface area (Å²) in [5.41, 5.74) is 3.39. The summed E-state index contributed by atoms with van der Waals surface area (Å²) >= 11 is 0. The SMILES string of the molecule is COc1cc(C(=O)O)ccc1CCNC(=O)CCCc1c[nH]c2ccccc12. The van der Waals surface area contributed by atoms with E-state index in [0.29, 0.717) is 25.1 Å². The summed E-state index contributed by atoms with van der Waals surface area (Å²) in [6.45, 7) is 0.481. The van der Waals surface area contributed by atoms with Gasteiger partial charge in [0.1, 0.15) is 5.75 Å². The first kappa shape index (κ1) is 19.5. The molecule has 0 atom stereocenters. The largest absolute Gasteiger partial charge is 0.496 e. The van der Waals surface area contributed by atoms with Crippen LogP contribution in [0.25, 0.3) is 10.9 Å². The van der Waals surface area contributed by atoms with E-state index in [0.717, 1.165) is 23.9 Å². The number of para-hydroxylation sites is 1. The predicted octanol–water partition coefficient (Wildman–Crippen LogP) is 3.56. The zero-order valence-electron chi connectivity index (χ0n) is 15.8. The monoisotopic (exact) mass is 380 g/mol. The molecule has 146 valence electrons. The number of H-pyrrole nitrogens is 1. The molecule has 0 saturated heterocycles. The molecule has 6 nitrogen and oxygen atoms in total. The van der Waals surface area contributed by atoms with Gasteiger partial charge in [-0.05, 0) is 48.6 Å². The van der Waals surface area contributed by atoms with Crippen LogP contribution in [-0.2, 0) is 17.6 Å². The van der Waals surface area contributed by atoms with Gasteiger partial charge in [0.2, 0.25) is 5.91 Å². The number of aromatic amines is 1. The molecule has 3 rings (SSSR count). The number of rotatable bonds is 9. The lowest BCUT2D eigenvalue weighted by molar-refractivity contribution is -0.121. The Balaban J connectivity index is 1.44. The van der Waals surface area contributed by atoms with Crippen LogP contribution < -0.4 is 10.1 Å². The lowest BCUT2D eigenvalue weighted by Gasteiger charge is -2.10. The molecule has 2 aromatic carbocycles. The minimum atomic E-state index is -0.992. The van der Waals surface area contributed by atoms with Crippen molar-refractivity contribution in [1.82, 2.24) is 10.3 Å². The molecule has 1 amide bonds. The van der Waals surface area contributed by atoms with Gasteiger partial charge >= 0.3 is 5.97 Å². The summed E-state index contributed by atoms with van der Waals surface area (Å²) in [6, 6.07) is 12.9. The first-order valence-electron chi connectivity index (χ1n) is 9.30. The van der Waals surface area contributed by atoms with Crippen molar-refractivity contribution in [2.24, 2.45) is 0 Å². The fourth-order valence-electron chi connectivity index (χ4n) is 3.29. The number of carbonyl (C=O) groups excluding carboxylic acids is 1. The Morgan fingerprint density at radius 2 is 1.93 bits per heavy atom. The smallest absolute Gasteiger partial charge is 0.335 e. The van der Waals surface area contributed by atoms with E-state index in [1.54, 1.807) is 12.1 Å². The topological polar surface area (TPSA) is 91.4 Å². The van der Waals surface area contributed by atoms with Crippen molar-refractivity contribution in [2.45, 2.75) is 25.7 Å². The van der Waals surface area contributed by atoms with E-state index >= 15 is 0 Å². The van der Waals surface area contributed by atoms with Crippen molar-refractivity contribution in [3.63, 3.8) is 0 Å². The average molecular weight is 380 g/mol. The second-order valence-corrected chi connectivity index (χ2v) is 6.64. The Morgan fingerprint density at radius 3 is 2.71 bits per heavy atom. The zero-order valence-corrected chi connectivity index (χ0v) is 15.8. The highest BCUT2D eigenvalue weighted by Crippen LogP contribution is 2.21. The summed E-state index contributed by atoms with van der Waals surface area (Å²) in [4.78, 5) is 26.4. The van der Waals surface area contributed by atoms with Gasteiger partial charge in [0.25, 0.3) is 0 Å². The van der Waals surface area contributed by atoms with Crippen LogP contribution in [-0.4, -0.2) is 35.6 Å². The molecule has 3 aromatic rings. The molecular formula is C22H24N2O4. The van der Waals surface area contributed by atoms with Crippen LogP contribution in [0.4, 0.5) is 0 Å². The molecular weight excluding hydrogens is 356 g/mol. The van der Waals surface area contributed by atoms with Gasteiger partial charge in [0.15, 0.2) is 0 Å². The molecule has 1 heterocycles. The quantitative estimate of drug-likeness (QED) is 0.529. The highest BCUT2D eigenvalue weighted by Gasteiger charge is 2.10. The van der Waals surface area contributed by atoms with Crippen molar-refractivity contribution in [3.8, 4) is 5.75 Å². The first-order valence-corrected chi connectivity index (χ1v) is 9.30. The lowest BCUT2D eigenvalue weighted by Crippen LogP contribution is -2.25. The second kappa shape index (κ2) is 9.08. The van der Waals surface area contributed by atoms with Crippen LogP contribution in [0.3, 0.4) is 0 Å². The average Bonchev–Trinajstić information content (AvgIpc) is 3.11. The number of hydrogen-bond donors (Lipinski definition) is 3. The van der Waals surface area contributed by atoms with E-state index in [4.69, 9.17) is 9.84 Å². The molecule has 28 heavy (non-hydrogen) atoms. The fraction of sp³-hybridized carbons (Fsp3) is 0.273. The number of ether oxygens (including phenoxy) is 1. The molecule has 0 saturated carbocycles. The number of benzene rings is 2. The van der Waals surface area contributed by atoms with E-state index in [1.807, 2.05) is 24.4 Å². The maximum Gasteiger partial charge on any atom is 0.335 e. The molecule has 0 fully saturated rings. The van der Waals surface area contributed by atoms with Crippen LogP contribution in [0.2, 0.25) is 0 Å². The van der Waals surface area contributed by atoms with Crippen molar-refractivity contribution >= 4 is 22.8 Å². The van der Waals surface area contributed by atoms with Gasteiger partial charge < -0.3 is 20.1 Å². The van der Waals surface area contributed by atoms with E-state index in [9.17, 15) is 9.59 Å². The number of aryl methyl sites for hydroxylation is 1. The molecule has 0 spiro atoms. The lowest BCUT2D eigenvalue weighted by atomic mass is 10.1. The third-order valence-electron chi connectivity index (χ3n) is 4.78. The second-order valence-electron chi connectivity index (χ2n) is 6.64. The summed E-state index contributed by atoms with van der Waals surface area (Å²) in [6.07, 6.45) is 4.69. The Labute approximate surface area is 163 Å². The Hall–Kier alpha value is -3.28. The predicted molar refractivity (Wildman–Crippen MR) is 108 cm³/mol. The number of aromatic carboxylic acids is 1. The molecule has 6 heteroatoms. The van der Waals surface area contributed by atoms with Crippen LogP contribution >= 0.6 is 0 Å².